The topological polar surface area (TPSA) is 73.4 Å². The van der Waals surface area contributed by atoms with Crippen LogP contribution in [0.15, 0.2) is 67.0 Å². The van der Waals surface area contributed by atoms with Crippen molar-refractivity contribution in [1.82, 2.24) is 9.97 Å². The molecule has 7 heteroatoms. The van der Waals surface area contributed by atoms with Gasteiger partial charge in [0.05, 0.1) is 18.1 Å². The van der Waals surface area contributed by atoms with Gasteiger partial charge in [-0.2, -0.15) is 0 Å². The van der Waals surface area contributed by atoms with Gasteiger partial charge in [0.15, 0.2) is 0 Å². The highest BCUT2D eigenvalue weighted by atomic mass is 16.2. The molecule has 29 heavy (non-hydrogen) atoms. The Morgan fingerprint density at radius 3 is 2.17 bits per heavy atom. The molecule has 0 aliphatic carbocycles. The second kappa shape index (κ2) is 8.60. The predicted octanol–water partition coefficient (Wildman–Crippen LogP) is 3.76. The molecule has 2 N–H and O–H groups in total. The van der Waals surface area contributed by atoms with Crippen molar-refractivity contribution < 1.29 is 4.79 Å². The normalized spacial score (nSPS) is 13.8. The van der Waals surface area contributed by atoms with Gasteiger partial charge >= 0.3 is 6.03 Å². The van der Waals surface area contributed by atoms with Gasteiger partial charge in [-0.3, -0.25) is 0 Å². The standard InChI is InChI=1S/C22H24N6O/c1-17-6-5-7-18(14-17)25-22(29)26-19-15-23-21(24-16-19)28-12-10-27(11-13-28)20-8-3-2-4-9-20/h2-9,14-16H,10-13H2,1H3,(H2,25,26,29). The lowest BCUT2D eigenvalue weighted by atomic mass is 10.2. The van der Waals surface area contributed by atoms with E-state index >= 15 is 0 Å². The lowest BCUT2D eigenvalue weighted by Crippen LogP contribution is -2.47. The van der Waals surface area contributed by atoms with Gasteiger partial charge in [-0.25, -0.2) is 14.8 Å². The summed E-state index contributed by atoms with van der Waals surface area (Å²) in [6.45, 7) is 5.54. The molecule has 4 rings (SSSR count). The zero-order valence-corrected chi connectivity index (χ0v) is 16.4. The van der Waals surface area contributed by atoms with E-state index in [0.717, 1.165) is 37.4 Å². The first kappa shape index (κ1) is 18.7. The third-order valence-electron chi connectivity index (χ3n) is 4.86. The van der Waals surface area contributed by atoms with Crippen LogP contribution in [0.1, 0.15) is 5.56 Å². The summed E-state index contributed by atoms with van der Waals surface area (Å²) in [6.07, 6.45) is 3.28. The fourth-order valence-corrected chi connectivity index (χ4v) is 3.37. The molecule has 1 aliphatic rings. The van der Waals surface area contributed by atoms with Gasteiger partial charge in [-0.15, -0.1) is 0 Å². The van der Waals surface area contributed by atoms with Crippen LogP contribution in [0.25, 0.3) is 0 Å². The summed E-state index contributed by atoms with van der Waals surface area (Å²) in [7, 11) is 0. The number of nitrogens with zero attached hydrogens (tertiary/aromatic N) is 4. The number of para-hydroxylation sites is 1. The molecule has 3 aromatic rings. The molecule has 0 atom stereocenters. The third-order valence-corrected chi connectivity index (χ3v) is 4.86. The zero-order chi connectivity index (χ0) is 20.1. The van der Waals surface area contributed by atoms with Crippen LogP contribution in [0, 0.1) is 6.92 Å². The predicted molar refractivity (Wildman–Crippen MR) is 117 cm³/mol. The molecule has 0 saturated carbocycles. The zero-order valence-electron chi connectivity index (χ0n) is 16.4. The number of aryl methyl sites for hydroxylation is 1. The molecular weight excluding hydrogens is 364 g/mol. The molecule has 2 amide bonds. The fourth-order valence-electron chi connectivity index (χ4n) is 3.37. The van der Waals surface area contributed by atoms with Gasteiger partial charge in [0.25, 0.3) is 0 Å². The number of piperazine rings is 1. The van der Waals surface area contributed by atoms with Gasteiger partial charge in [-0.05, 0) is 36.8 Å². The molecule has 0 spiro atoms. The van der Waals surface area contributed by atoms with Crippen LogP contribution in [-0.2, 0) is 0 Å². The summed E-state index contributed by atoms with van der Waals surface area (Å²) in [5.41, 5.74) is 3.63. The minimum atomic E-state index is -0.316. The largest absolute Gasteiger partial charge is 0.368 e. The molecule has 0 unspecified atom stereocenters. The van der Waals surface area contributed by atoms with Crippen molar-refractivity contribution in [2.45, 2.75) is 6.92 Å². The van der Waals surface area contributed by atoms with Crippen molar-refractivity contribution in [3.05, 3.63) is 72.6 Å². The first-order valence-corrected chi connectivity index (χ1v) is 9.69. The number of hydrogen-bond acceptors (Lipinski definition) is 5. The van der Waals surface area contributed by atoms with Crippen molar-refractivity contribution in [3.8, 4) is 0 Å². The minimum absolute atomic E-state index is 0.316. The summed E-state index contributed by atoms with van der Waals surface area (Å²) in [5, 5.41) is 5.57. The Hall–Kier alpha value is -3.61. The van der Waals surface area contributed by atoms with Crippen LogP contribution in [-0.4, -0.2) is 42.2 Å². The van der Waals surface area contributed by atoms with Crippen molar-refractivity contribution in [3.63, 3.8) is 0 Å². The Labute approximate surface area is 170 Å². The number of benzene rings is 2. The molecule has 2 heterocycles. The van der Waals surface area contributed by atoms with Crippen LogP contribution in [0.5, 0.6) is 0 Å². The average Bonchev–Trinajstić information content (AvgIpc) is 2.75. The number of carbonyl (C=O) groups is 1. The van der Waals surface area contributed by atoms with Crippen molar-refractivity contribution in [2.75, 3.05) is 46.6 Å². The Bertz CT molecular complexity index is 953. The molecule has 1 aliphatic heterocycles. The Balaban J connectivity index is 1.31. The van der Waals surface area contributed by atoms with Crippen LogP contribution in [0.3, 0.4) is 0 Å². The minimum Gasteiger partial charge on any atom is -0.368 e. The van der Waals surface area contributed by atoms with Crippen LogP contribution in [0.4, 0.5) is 27.8 Å². The number of carbonyl (C=O) groups excluding carboxylic acids is 1. The molecule has 0 bridgehead atoms. The summed E-state index contributed by atoms with van der Waals surface area (Å²) in [4.78, 5) is 25.5. The second-order valence-electron chi connectivity index (χ2n) is 7.03. The second-order valence-corrected chi connectivity index (χ2v) is 7.03. The van der Waals surface area contributed by atoms with Gasteiger partial charge in [-0.1, -0.05) is 30.3 Å². The Morgan fingerprint density at radius 1 is 0.828 bits per heavy atom. The number of nitrogens with one attached hydrogen (secondary N) is 2. The summed E-state index contributed by atoms with van der Waals surface area (Å²) in [5.74, 6) is 0.683. The number of amides is 2. The van der Waals surface area contributed by atoms with Gasteiger partial charge in [0.1, 0.15) is 0 Å². The van der Waals surface area contributed by atoms with Crippen molar-refractivity contribution in [1.29, 1.82) is 0 Å². The Morgan fingerprint density at radius 2 is 1.48 bits per heavy atom. The number of anilines is 4. The van der Waals surface area contributed by atoms with E-state index in [1.54, 1.807) is 12.4 Å². The lowest BCUT2D eigenvalue weighted by molar-refractivity contribution is 0.262. The maximum Gasteiger partial charge on any atom is 0.323 e. The molecule has 148 valence electrons. The highest BCUT2D eigenvalue weighted by Crippen LogP contribution is 2.18. The van der Waals surface area contributed by atoms with Crippen LogP contribution < -0.4 is 20.4 Å². The SMILES string of the molecule is Cc1cccc(NC(=O)Nc2cnc(N3CCN(c4ccccc4)CC3)nc2)c1. The molecule has 1 fully saturated rings. The smallest absolute Gasteiger partial charge is 0.323 e. The van der Waals surface area contributed by atoms with Crippen LogP contribution in [0.2, 0.25) is 0 Å². The highest BCUT2D eigenvalue weighted by Gasteiger charge is 2.19. The molecular formula is C22H24N6O. The first-order valence-electron chi connectivity index (χ1n) is 9.69. The van der Waals surface area contributed by atoms with E-state index in [9.17, 15) is 4.79 Å². The monoisotopic (exact) mass is 388 g/mol. The maximum atomic E-state index is 12.2. The van der Waals surface area contributed by atoms with Crippen LogP contribution >= 0.6 is 0 Å². The quantitative estimate of drug-likeness (QED) is 0.712. The van der Waals surface area contributed by atoms with E-state index < -0.39 is 0 Å². The van der Waals surface area contributed by atoms with E-state index in [4.69, 9.17) is 0 Å². The third kappa shape index (κ3) is 4.82. The molecule has 7 nitrogen and oxygen atoms in total. The van der Waals surface area contributed by atoms with E-state index in [-0.39, 0.29) is 6.03 Å². The molecule has 0 radical (unpaired) electrons. The molecule has 1 saturated heterocycles. The average molecular weight is 388 g/mol. The molecule has 2 aromatic carbocycles. The number of rotatable bonds is 4. The highest BCUT2D eigenvalue weighted by molar-refractivity contribution is 5.99. The summed E-state index contributed by atoms with van der Waals surface area (Å²) < 4.78 is 0. The Kier molecular flexibility index (Phi) is 5.56. The number of aromatic nitrogens is 2. The van der Waals surface area contributed by atoms with Crippen molar-refractivity contribution in [2.24, 2.45) is 0 Å². The number of urea groups is 1. The maximum absolute atomic E-state index is 12.2. The van der Waals surface area contributed by atoms with Gasteiger partial charge in [0, 0.05) is 37.6 Å². The first-order chi connectivity index (χ1) is 14.2. The van der Waals surface area contributed by atoms with Crippen molar-refractivity contribution >= 4 is 29.0 Å². The fraction of sp³-hybridized carbons (Fsp3) is 0.227. The van der Waals surface area contributed by atoms with E-state index in [1.165, 1.54) is 5.69 Å². The molecule has 1 aromatic heterocycles. The van der Waals surface area contributed by atoms with E-state index in [2.05, 4.69) is 54.7 Å². The lowest BCUT2D eigenvalue weighted by Gasteiger charge is -2.36. The number of hydrogen-bond donors (Lipinski definition) is 2. The van der Waals surface area contributed by atoms with Gasteiger partial charge in [0.2, 0.25) is 5.95 Å². The summed E-state index contributed by atoms with van der Waals surface area (Å²) in [6, 6.07) is 17.7. The van der Waals surface area contributed by atoms with E-state index in [0.29, 0.717) is 11.6 Å². The summed E-state index contributed by atoms with van der Waals surface area (Å²) >= 11 is 0. The van der Waals surface area contributed by atoms with Gasteiger partial charge < -0.3 is 20.4 Å². The van der Waals surface area contributed by atoms with E-state index in [1.807, 2.05) is 37.3 Å².